The summed E-state index contributed by atoms with van der Waals surface area (Å²) in [5.74, 6) is 1.04. The van der Waals surface area contributed by atoms with Crippen molar-refractivity contribution in [1.82, 2.24) is 15.5 Å². The summed E-state index contributed by atoms with van der Waals surface area (Å²) in [7, 11) is 0. The molecule has 3 aliphatic rings. The lowest BCUT2D eigenvalue weighted by molar-refractivity contribution is 0.0526. The lowest BCUT2D eigenvalue weighted by Gasteiger charge is -2.37. The summed E-state index contributed by atoms with van der Waals surface area (Å²) in [5.41, 5.74) is 6.23. The van der Waals surface area contributed by atoms with E-state index in [-0.39, 0.29) is 6.23 Å². The summed E-state index contributed by atoms with van der Waals surface area (Å²) in [6.45, 7) is 12.5. The van der Waals surface area contributed by atoms with Crippen molar-refractivity contribution in [3.8, 4) is 0 Å². The predicted molar refractivity (Wildman–Crippen MR) is 110 cm³/mol. The maximum Gasteiger partial charge on any atom is 0.149 e. The van der Waals surface area contributed by atoms with Crippen LogP contribution in [-0.4, -0.2) is 30.8 Å². The van der Waals surface area contributed by atoms with Gasteiger partial charge in [-0.05, 0) is 49.0 Å². The first-order valence-corrected chi connectivity index (χ1v) is 10.1. The third-order valence-corrected chi connectivity index (χ3v) is 6.07. The fourth-order valence-corrected chi connectivity index (χ4v) is 4.17. The van der Waals surface area contributed by atoms with E-state index < -0.39 is 0 Å². The van der Waals surface area contributed by atoms with Crippen LogP contribution in [0, 0.1) is 5.92 Å². The molecule has 1 aromatic rings. The Balaban J connectivity index is 1.34. The Bertz CT molecular complexity index is 745. The van der Waals surface area contributed by atoms with Crippen LogP contribution in [0.25, 0.3) is 0 Å². The molecule has 2 N–H and O–H groups in total. The Morgan fingerprint density at radius 3 is 2.67 bits per heavy atom. The van der Waals surface area contributed by atoms with Gasteiger partial charge in [0.2, 0.25) is 0 Å². The highest BCUT2D eigenvalue weighted by Crippen LogP contribution is 2.33. The zero-order valence-corrected chi connectivity index (χ0v) is 16.5. The van der Waals surface area contributed by atoms with E-state index in [2.05, 4.69) is 72.4 Å². The number of hydrogen-bond acceptors (Lipinski definition) is 4. The molecular weight excluding hydrogens is 334 g/mol. The summed E-state index contributed by atoms with van der Waals surface area (Å²) < 4.78 is 6.13. The highest BCUT2D eigenvalue weighted by atomic mass is 16.5. The molecule has 0 aliphatic carbocycles. The highest BCUT2D eigenvalue weighted by molar-refractivity contribution is 5.29. The van der Waals surface area contributed by atoms with Crippen molar-refractivity contribution in [3.63, 3.8) is 0 Å². The summed E-state index contributed by atoms with van der Waals surface area (Å²) in [6, 6.07) is 8.89. The minimum Gasteiger partial charge on any atom is -0.389 e. The molecule has 0 aromatic heterocycles. The molecule has 4 rings (SSSR count). The van der Waals surface area contributed by atoms with Gasteiger partial charge in [0, 0.05) is 42.6 Å². The third kappa shape index (κ3) is 4.06. The molecule has 3 aliphatic heterocycles. The number of rotatable bonds is 6. The molecule has 3 heterocycles. The predicted octanol–water partition coefficient (Wildman–Crippen LogP) is 3.85. The highest BCUT2D eigenvalue weighted by Gasteiger charge is 2.26. The number of likely N-dealkylation sites (tertiary alicyclic amines) is 1. The second kappa shape index (κ2) is 7.81. The van der Waals surface area contributed by atoms with Crippen LogP contribution in [0.5, 0.6) is 0 Å². The number of nitrogens with zero attached hydrogens (tertiary/aromatic N) is 1. The Labute approximate surface area is 163 Å². The quantitative estimate of drug-likeness (QED) is 0.803. The van der Waals surface area contributed by atoms with Gasteiger partial charge in [0.05, 0.1) is 6.61 Å². The summed E-state index contributed by atoms with van der Waals surface area (Å²) >= 11 is 0. The molecule has 0 spiro atoms. The molecule has 2 fully saturated rings. The van der Waals surface area contributed by atoms with Crippen molar-refractivity contribution in [1.29, 1.82) is 0 Å². The topological polar surface area (TPSA) is 36.5 Å². The van der Waals surface area contributed by atoms with Gasteiger partial charge in [0.25, 0.3) is 0 Å². The average Bonchev–Trinajstić information content (AvgIpc) is 3.04. The van der Waals surface area contributed by atoms with E-state index in [0.717, 1.165) is 19.6 Å². The van der Waals surface area contributed by atoms with Gasteiger partial charge < -0.3 is 20.3 Å². The van der Waals surface area contributed by atoms with Gasteiger partial charge in [-0.1, -0.05) is 37.8 Å². The molecule has 0 radical (unpaired) electrons. The molecule has 27 heavy (non-hydrogen) atoms. The fraction of sp³-hybridized carbons (Fsp3) is 0.478. The van der Waals surface area contributed by atoms with E-state index in [4.69, 9.17) is 4.74 Å². The molecular formula is C23H31N3O. The summed E-state index contributed by atoms with van der Waals surface area (Å²) in [5, 5.41) is 6.79. The van der Waals surface area contributed by atoms with Gasteiger partial charge in [-0.15, -0.1) is 0 Å². The molecule has 3 atom stereocenters. The SMILES string of the molecule is C=C1NCCC1C(C)c1ccc(COC2C=C(N3CCC3)C=C(C)N2)cc1. The molecule has 144 valence electrons. The Hall–Kier alpha value is -2.20. The first kappa shape index (κ1) is 18.2. The van der Waals surface area contributed by atoms with Crippen LogP contribution >= 0.6 is 0 Å². The lowest BCUT2D eigenvalue weighted by atomic mass is 9.85. The number of nitrogens with one attached hydrogen (secondary N) is 2. The van der Waals surface area contributed by atoms with Crippen LogP contribution in [0.3, 0.4) is 0 Å². The first-order chi connectivity index (χ1) is 13.1. The van der Waals surface area contributed by atoms with Crippen molar-refractivity contribution in [2.24, 2.45) is 5.92 Å². The van der Waals surface area contributed by atoms with Crippen LogP contribution in [0.15, 0.2) is 60.1 Å². The monoisotopic (exact) mass is 365 g/mol. The van der Waals surface area contributed by atoms with Crippen LogP contribution in [0.4, 0.5) is 0 Å². The van der Waals surface area contributed by atoms with Gasteiger partial charge in [-0.3, -0.25) is 0 Å². The van der Waals surface area contributed by atoms with Gasteiger partial charge in [-0.25, -0.2) is 0 Å². The van der Waals surface area contributed by atoms with Crippen molar-refractivity contribution in [3.05, 3.63) is 71.2 Å². The van der Waals surface area contributed by atoms with Gasteiger partial charge in [0.1, 0.15) is 6.23 Å². The molecule has 1 aromatic carbocycles. The maximum absolute atomic E-state index is 6.13. The molecule has 2 saturated heterocycles. The van der Waals surface area contributed by atoms with E-state index >= 15 is 0 Å². The van der Waals surface area contributed by atoms with Gasteiger partial charge in [0.15, 0.2) is 0 Å². The Morgan fingerprint density at radius 2 is 2.04 bits per heavy atom. The van der Waals surface area contributed by atoms with E-state index in [1.807, 2.05) is 0 Å². The molecule has 4 nitrogen and oxygen atoms in total. The molecule has 0 bridgehead atoms. The van der Waals surface area contributed by atoms with Crippen molar-refractivity contribution in [2.45, 2.75) is 45.4 Å². The number of ether oxygens (including phenoxy) is 1. The second-order valence-corrected chi connectivity index (χ2v) is 8.01. The fourth-order valence-electron chi connectivity index (χ4n) is 4.17. The molecule has 4 heteroatoms. The first-order valence-electron chi connectivity index (χ1n) is 10.1. The summed E-state index contributed by atoms with van der Waals surface area (Å²) in [6.07, 6.45) is 6.81. The smallest absolute Gasteiger partial charge is 0.149 e. The normalized spacial score (nSPS) is 25.9. The van der Waals surface area contributed by atoms with Crippen LogP contribution in [0.1, 0.15) is 43.7 Å². The van der Waals surface area contributed by atoms with Crippen molar-refractivity contribution in [2.75, 3.05) is 19.6 Å². The molecule has 0 saturated carbocycles. The van der Waals surface area contributed by atoms with Crippen molar-refractivity contribution < 1.29 is 4.74 Å². The van der Waals surface area contributed by atoms with E-state index in [1.54, 1.807) is 0 Å². The zero-order chi connectivity index (χ0) is 18.8. The third-order valence-electron chi connectivity index (χ3n) is 6.07. The Morgan fingerprint density at radius 1 is 1.26 bits per heavy atom. The van der Waals surface area contributed by atoms with Crippen molar-refractivity contribution >= 4 is 0 Å². The number of hydrogen-bond donors (Lipinski definition) is 2. The van der Waals surface area contributed by atoms with E-state index in [0.29, 0.717) is 18.4 Å². The number of dihydropyridines is 1. The zero-order valence-electron chi connectivity index (χ0n) is 16.5. The maximum atomic E-state index is 6.13. The Kier molecular flexibility index (Phi) is 5.26. The lowest BCUT2D eigenvalue weighted by Crippen LogP contribution is -2.40. The summed E-state index contributed by atoms with van der Waals surface area (Å²) in [4.78, 5) is 2.41. The second-order valence-electron chi connectivity index (χ2n) is 8.01. The van der Waals surface area contributed by atoms with Gasteiger partial charge in [-0.2, -0.15) is 0 Å². The number of allylic oxidation sites excluding steroid dienone is 3. The van der Waals surface area contributed by atoms with E-state index in [1.165, 1.54) is 41.1 Å². The van der Waals surface area contributed by atoms with Crippen LogP contribution < -0.4 is 10.6 Å². The largest absolute Gasteiger partial charge is 0.389 e. The minimum absolute atomic E-state index is 0.0583. The average molecular weight is 366 g/mol. The van der Waals surface area contributed by atoms with Crippen LogP contribution in [0.2, 0.25) is 0 Å². The standard InChI is InChI=1S/C23H31N3O/c1-16-13-21(26-11-4-12-26)14-23(25-16)27-15-19-5-7-20(8-6-19)17(2)22-9-10-24-18(22)3/h5-8,13-14,17,22-25H,3-4,9-12,15H2,1-2H3. The minimum atomic E-state index is -0.0583. The molecule has 0 amide bonds. The van der Waals surface area contributed by atoms with E-state index in [9.17, 15) is 0 Å². The molecule has 3 unspecified atom stereocenters. The van der Waals surface area contributed by atoms with Crippen LogP contribution in [-0.2, 0) is 11.3 Å². The number of benzene rings is 1. The van der Waals surface area contributed by atoms with Gasteiger partial charge >= 0.3 is 0 Å².